The third-order valence-corrected chi connectivity index (χ3v) is 6.25. The average molecular weight is 359 g/mol. The number of hydrogen-bond acceptors (Lipinski definition) is 3. The summed E-state index contributed by atoms with van der Waals surface area (Å²) in [5.74, 6) is 1.51. The minimum Gasteiger partial charge on any atom is -0.356 e. The molecule has 3 N–H and O–H groups in total. The number of rotatable bonds is 8. The van der Waals surface area contributed by atoms with Crippen LogP contribution in [-0.2, 0) is 15.6 Å². The van der Waals surface area contributed by atoms with Crippen LogP contribution in [0.5, 0.6) is 0 Å². The highest BCUT2D eigenvalue weighted by Crippen LogP contribution is 2.22. The van der Waals surface area contributed by atoms with Gasteiger partial charge < -0.3 is 16.0 Å². The predicted molar refractivity (Wildman–Crippen MR) is 102 cm³/mol. The van der Waals surface area contributed by atoms with E-state index in [0.717, 1.165) is 43.8 Å². The van der Waals surface area contributed by atoms with Crippen LogP contribution in [0, 0.1) is 0 Å². The first-order chi connectivity index (χ1) is 11.5. The largest absolute Gasteiger partial charge is 0.356 e. The van der Waals surface area contributed by atoms with Crippen molar-refractivity contribution in [2.24, 2.45) is 4.99 Å². The third kappa shape index (κ3) is 7.64. The Morgan fingerprint density at radius 2 is 2.08 bits per heavy atom. The van der Waals surface area contributed by atoms with E-state index in [9.17, 15) is 9.00 Å². The third-order valence-electron chi connectivity index (χ3n) is 4.51. The molecule has 1 aliphatic rings. The monoisotopic (exact) mass is 358 g/mol. The molecule has 4 atom stereocenters. The molecule has 1 fully saturated rings. The summed E-state index contributed by atoms with van der Waals surface area (Å²) in [6.07, 6.45) is 5.52. The Bertz CT molecular complexity index is 442. The molecule has 0 heterocycles. The number of carbonyl (C=O) groups excluding carboxylic acids is 1. The van der Waals surface area contributed by atoms with Crippen LogP contribution in [0.15, 0.2) is 4.99 Å². The van der Waals surface area contributed by atoms with E-state index in [1.165, 1.54) is 0 Å². The van der Waals surface area contributed by atoms with Gasteiger partial charge in [-0.2, -0.15) is 0 Å². The number of carbonyl (C=O) groups is 1. The molecule has 24 heavy (non-hydrogen) atoms. The molecule has 0 spiro atoms. The normalized spacial score (nSPS) is 24.1. The summed E-state index contributed by atoms with van der Waals surface area (Å²) in [4.78, 5) is 16.0. The Balaban J connectivity index is 2.34. The van der Waals surface area contributed by atoms with Crippen molar-refractivity contribution >= 4 is 22.7 Å². The lowest BCUT2D eigenvalue weighted by Crippen LogP contribution is -2.47. The van der Waals surface area contributed by atoms with Gasteiger partial charge in [-0.25, -0.2) is 0 Å². The van der Waals surface area contributed by atoms with E-state index in [-0.39, 0.29) is 11.9 Å². The fraction of sp³-hybridized carbons (Fsp3) is 0.882. The predicted octanol–water partition coefficient (Wildman–Crippen LogP) is 1.54. The molecule has 0 bridgehead atoms. The fourth-order valence-electron chi connectivity index (χ4n) is 2.88. The first-order valence-corrected chi connectivity index (χ1v) is 10.5. The molecule has 0 aromatic rings. The molecule has 6 nitrogen and oxygen atoms in total. The van der Waals surface area contributed by atoms with Gasteiger partial charge in [0.1, 0.15) is 0 Å². The quantitative estimate of drug-likeness (QED) is 0.454. The zero-order valence-electron chi connectivity index (χ0n) is 15.6. The summed E-state index contributed by atoms with van der Waals surface area (Å²) >= 11 is 0. The lowest BCUT2D eigenvalue weighted by Gasteiger charge is -2.30. The molecule has 140 valence electrons. The minimum absolute atomic E-state index is 0.0587. The van der Waals surface area contributed by atoms with Crippen molar-refractivity contribution in [2.75, 3.05) is 19.3 Å². The number of amides is 1. The first-order valence-electron chi connectivity index (χ1n) is 9.13. The van der Waals surface area contributed by atoms with Crippen LogP contribution in [0.4, 0.5) is 0 Å². The van der Waals surface area contributed by atoms with Crippen LogP contribution >= 0.6 is 0 Å². The molecule has 1 rings (SSSR count). The number of nitrogens with zero attached hydrogens (tertiary/aromatic N) is 1. The van der Waals surface area contributed by atoms with Gasteiger partial charge in [0.05, 0.1) is 0 Å². The van der Waals surface area contributed by atoms with Crippen molar-refractivity contribution in [1.82, 2.24) is 16.0 Å². The highest BCUT2D eigenvalue weighted by molar-refractivity contribution is 7.85. The fourth-order valence-corrected chi connectivity index (χ4v) is 4.23. The van der Waals surface area contributed by atoms with Gasteiger partial charge >= 0.3 is 0 Å². The summed E-state index contributed by atoms with van der Waals surface area (Å²) in [6.45, 7) is 6.60. The van der Waals surface area contributed by atoms with E-state index >= 15 is 0 Å². The average Bonchev–Trinajstić information content (AvgIpc) is 2.60. The van der Waals surface area contributed by atoms with Crippen molar-refractivity contribution in [3.8, 4) is 0 Å². The van der Waals surface area contributed by atoms with Crippen LogP contribution in [0.1, 0.15) is 59.3 Å². The first kappa shape index (κ1) is 20.9. The van der Waals surface area contributed by atoms with Crippen LogP contribution in [0.25, 0.3) is 0 Å². The van der Waals surface area contributed by atoms with Gasteiger partial charge in [-0.05, 0) is 32.6 Å². The Kier molecular flexibility index (Phi) is 9.98. The highest BCUT2D eigenvalue weighted by atomic mass is 32.2. The van der Waals surface area contributed by atoms with E-state index in [1.807, 2.05) is 13.8 Å². The van der Waals surface area contributed by atoms with Crippen LogP contribution in [0.2, 0.25) is 0 Å². The molecule has 7 heteroatoms. The molecule has 1 aliphatic carbocycles. The Morgan fingerprint density at radius 1 is 1.33 bits per heavy atom. The molecule has 1 saturated carbocycles. The molecule has 0 aromatic carbocycles. The lowest BCUT2D eigenvalue weighted by molar-refractivity contribution is -0.121. The summed E-state index contributed by atoms with van der Waals surface area (Å²) in [5, 5.41) is 9.86. The summed E-state index contributed by atoms with van der Waals surface area (Å²) in [6, 6.07) is 0.521. The topological polar surface area (TPSA) is 82.6 Å². The second-order valence-corrected chi connectivity index (χ2v) is 8.43. The van der Waals surface area contributed by atoms with Crippen LogP contribution < -0.4 is 16.0 Å². The van der Waals surface area contributed by atoms with Crippen molar-refractivity contribution in [1.29, 1.82) is 0 Å². The maximum absolute atomic E-state index is 12.0. The standard InChI is InChI=1S/C17H34N4O2S/c1-5-13(3)20-16(22)10-11-19-17(18-4)21-14-8-7-9-15(12-14)24(23)6-2/h13-15H,5-12H2,1-4H3,(H,20,22)(H2,18,19,21). The van der Waals surface area contributed by atoms with Crippen molar-refractivity contribution in [2.45, 2.75) is 76.6 Å². The molecule has 4 unspecified atom stereocenters. The summed E-state index contributed by atoms with van der Waals surface area (Å²) < 4.78 is 12.0. The molecular formula is C17H34N4O2S. The molecular weight excluding hydrogens is 324 g/mol. The van der Waals surface area contributed by atoms with E-state index in [4.69, 9.17) is 0 Å². The maximum atomic E-state index is 12.0. The van der Waals surface area contributed by atoms with Crippen molar-refractivity contribution in [3.63, 3.8) is 0 Å². The summed E-state index contributed by atoms with van der Waals surface area (Å²) in [5.41, 5.74) is 0. The molecule has 0 radical (unpaired) electrons. The minimum atomic E-state index is -0.722. The second-order valence-electron chi connectivity index (χ2n) is 6.43. The van der Waals surface area contributed by atoms with Gasteiger partial charge in [-0.1, -0.05) is 20.3 Å². The van der Waals surface area contributed by atoms with Gasteiger partial charge in [0.2, 0.25) is 5.91 Å². The molecule has 0 aromatic heterocycles. The maximum Gasteiger partial charge on any atom is 0.221 e. The van der Waals surface area contributed by atoms with Crippen LogP contribution in [0.3, 0.4) is 0 Å². The van der Waals surface area contributed by atoms with Gasteiger partial charge in [-0.3, -0.25) is 14.0 Å². The molecule has 0 aliphatic heterocycles. The van der Waals surface area contributed by atoms with Gasteiger partial charge in [0.25, 0.3) is 0 Å². The summed E-state index contributed by atoms with van der Waals surface area (Å²) in [7, 11) is 1.01. The Hall–Kier alpha value is -1.11. The van der Waals surface area contributed by atoms with Gasteiger partial charge in [0, 0.05) is 53.9 Å². The second kappa shape index (κ2) is 11.4. The van der Waals surface area contributed by atoms with Gasteiger partial charge in [0.15, 0.2) is 5.96 Å². The Labute approximate surface area is 149 Å². The number of nitrogens with one attached hydrogen (secondary N) is 3. The SMILES string of the molecule is CCC(C)NC(=O)CCNC(=NC)NC1CCCC(S(=O)CC)C1. The zero-order valence-corrected chi connectivity index (χ0v) is 16.4. The smallest absolute Gasteiger partial charge is 0.221 e. The zero-order chi connectivity index (χ0) is 17.9. The van der Waals surface area contributed by atoms with E-state index in [2.05, 4.69) is 27.9 Å². The Morgan fingerprint density at radius 3 is 2.71 bits per heavy atom. The molecule has 1 amide bonds. The lowest BCUT2D eigenvalue weighted by atomic mass is 9.95. The van der Waals surface area contributed by atoms with E-state index in [0.29, 0.717) is 24.3 Å². The van der Waals surface area contributed by atoms with E-state index < -0.39 is 10.8 Å². The van der Waals surface area contributed by atoms with E-state index in [1.54, 1.807) is 7.05 Å². The number of aliphatic imine (C=N–C) groups is 1. The van der Waals surface area contributed by atoms with Crippen LogP contribution in [-0.4, -0.2) is 52.8 Å². The number of guanidine groups is 1. The van der Waals surface area contributed by atoms with Crippen molar-refractivity contribution in [3.05, 3.63) is 0 Å². The molecule has 0 saturated heterocycles. The van der Waals surface area contributed by atoms with Gasteiger partial charge in [-0.15, -0.1) is 0 Å². The highest BCUT2D eigenvalue weighted by Gasteiger charge is 2.26. The van der Waals surface area contributed by atoms with Crippen molar-refractivity contribution < 1.29 is 9.00 Å². The number of hydrogen-bond donors (Lipinski definition) is 3.